The molecule has 4 nitrogen and oxygen atoms in total. The van der Waals surface area contributed by atoms with Crippen LogP contribution in [0.2, 0.25) is 0 Å². The van der Waals surface area contributed by atoms with Gasteiger partial charge >= 0.3 is 0 Å². The molecule has 4 rings (SSSR count). The number of hydrogen-bond donors (Lipinski definition) is 0. The maximum Gasteiger partial charge on any atom is 0.231 e. The fraction of sp³-hybridized carbons (Fsp3) is 0.500. The van der Waals surface area contributed by atoms with Gasteiger partial charge in [-0.1, -0.05) is 50.1 Å². The third kappa shape index (κ3) is 5.63. The molecular formula is C24H31BrClNO3. The molecule has 0 N–H and O–H groups in total. The van der Waals surface area contributed by atoms with Crippen molar-refractivity contribution in [3.05, 3.63) is 52.5 Å². The van der Waals surface area contributed by atoms with E-state index in [1.807, 2.05) is 12.1 Å². The van der Waals surface area contributed by atoms with Crippen LogP contribution in [0.5, 0.6) is 17.2 Å². The maximum atomic E-state index is 6.32. The molecule has 1 saturated heterocycles. The highest BCUT2D eigenvalue weighted by Gasteiger charge is 2.31. The first kappa shape index (κ1) is 23.2. The minimum absolute atomic E-state index is 0. The van der Waals surface area contributed by atoms with Gasteiger partial charge in [0, 0.05) is 24.6 Å². The molecule has 0 unspecified atom stereocenters. The molecule has 2 aromatic carbocycles. The molecule has 0 amide bonds. The second-order valence-corrected chi connectivity index (χ2v) is 8.87. The average molecular weight is 497 g/mol. The largest absolute Gasteiger partial charge is 0.492 e. The second-order valence-electron chi connectivity index (χ2n) is 8.02. The molecule has 2 aliphatic heterocycles. The van der Waals surface area contributed by atoms with Crippen LogP contribution in [0, 0.1) is 5.92 Å². The lowest BCUT2D eigenvalue weighted by Gasteiger charge is -2.39. The van der Waals surface area contributed by atoms with E-state index in [0.717, 1.165) is 28.3 Å². The topological polar surface area (TPSA) is 30.9 Å². The summed E-state index contributed by atoms with van der Waals surface area (Å²) in [5.41, 5.74) is 1.43. The van der Waals surface area contributed by atoms with E-state index in [1.165, 1.54) is 44.3 Å². The van der Waals surface area contributed by atoms with Gasteiger partial charge in [-0.15, -0.1) is 12.4 Å². The first-order chi connectivity index (χ1) is 14.2. The fourth-order valence-electron chi connectivity index (χ4n) is 4.41. The van der Waals surface area contributed by atoms with E-state index in [0.29, 0.717) is 18.4 Å². The lowest BCUT2D eigenvalue weighted by molar-refractivity contribution is 0.109. The average Bonchev–Trinajstić information content (AvgIpc) is 3.20. The zero-order valence-corrected chi connectivity index (χ0v) is 19.9. The molecule has 1 fully saturated rings. The number of nitrogens with zero attached hydrogens (tertiary/aromatic N) is 1. The van der Waals surface area contributed by atoms with Crippen molar-refractivity contribution in [1.82, 2.24) is 4.90 Å². The van der Waals surface area contributed by atoms with Gasteiger partial charge in [-0.05, 0) is 53.3 Å². The SMILES string of the molecule is CCCCCN1CC[C@@H](c2ccccc2)[C@H](COc2cc3c(cc2Br)OCO3)C1.Cl. The normalized spacial score (nSPS) is 20.6. The van der Waals surface area contributed by atoms with Crippen molar-refractivity contribution >= 4 is 28.3 Å². The summed E-state index contributed by atoms with van der Waals surface area (Å²) in [6.07, 6.45) is 5.05. The number of halogens is 2. The minimum atomic E-state index is 0. The van der Waals surface area contributed by atoms with E-state index in [9.17, 15) is 0 Å². The molecule has 0 aliphatic carbocycles. The number of fused-ring (bicyclic) bond motifs is 1. The first-order valence-corrected chi connectivity index (χ1v) is 11.5. The maximum absolute atomic E-state index is 6.32. The quantitative estimate of drug-likeness (QED) is 0.403. The van der Waals surface area contributed by atoms with Crippen LogP contribution < -0.4 is 14.2 Å². The Kier molecular flexibility index (Phi) is 8.72. The zero-order valence-electron chi connectivity index (χ0n) is 17.5. The molecule has 30 heavy (non-hydrogen) atoms. The first-order valence-electron chi connectivity index (χ1n) is 10.7. The summed E-state index contributed by atoms with van der Waals surface area (Å²) in [6.45, 7) is 6.69. The molecule has 0 saturated carbocycles. The van der Waals surface area contributed by atoms with E-state index >= 15 is 0 Å². The Morgan fingerprint density at radius 2 is 1.87 bits per heavy atom. The third-order valence-electron chi connectivity index (χ3n) is 6.00. The highest BCUT2D eigenvalue weighted by Crippen LogP contribution is 2.41. The molecule has 0 radical (unpaired) electrons. The van der Waals surface area contributed by atoms with E-state index < -0.39 is 0 Å². The summed E-state index contributed by atoms with van der Waals surface area (Å²) in [5, 5.41) is 0. The van der Waals surface area contributed by atoms with Gasteiger partial charge in [-0.25, -0.2) is 0 Å². The lowest BCUT2D eigenvalue weighted by Crippen LogP contribution is -2.42. The van der Waals surface area contributed by atoms with Crippen LogP contribution >= 0.6 is 28.3 Å². The van der Waals surface area contributed by atoms with E-state index in [-0.39, 0.29) is 19.2 Å². The van der Waals surface area contributed by atoms with Gasteiger partial charge in [0.05, 0.1) is 11.1 Å². The van der Waals surface area contributed by atoms with Crippen LogP contribution in [0.4, 0.5) is 0 Å². The van der Waals surface area contributed by atoms with Gasteiger partial charge in [0.15, 0.2) is 11.5 Å². The lowest BCUT2D eigenvalue weighted by atomic mass is 9.81. The van der Waals surface area contributed by atoms with Gasteiger partial charge in [-0.2, -0.15) is 0 Å². The van der Waals surface area contributed by atoms with Crippen LogP contribution in [0.3, 0.4) is 0 Å². The molecule has 2 atom stereocenters. The molecular weight excluding hydrogens is 466 g/mol. The number of piperidine rings is 1. The predicted octanol–water partition coefficient (Wildman–Crippen LogP) is 6.27. The Morgan fingerprint density at radius 3 is 2.63 bits per heavy atom. The van der Waals surface area contributed by atoms with Crippen LogP contribution in [-0.2, 0) is 0 Å². The Hall–Kier alpha value is -1.43. The summed E-state index contributed by atoms with van der Waals surface area (Å²) < 4.78 is 18.2. The smallest absolute Gasteiger partial charge is 0.231 e. The Labute approximate surface area is 194 Å². The van der Waals surface area contributed by atoms with E-state index in [4.69, 9.17) is 14.2 Å². The fourth-order valence-corrected chi connectivity index (χ4v) is 4.85. The molecule has 164 valence electrons. The van der Waals surface area contributed by atoms with Gasteiger partial charge < -0.3 is 19.1 Å². The molecule has 0 bridgehead atoms. The number of benzene rings is 2. The third-order valence-corrected chi connectivity index (χ3v) is 6.62. The van der Waals surface area contributed by atoms with Gasteiger partial charge in [0.25, 0.3) is 0 Å². The highest BCUT2D eigenvalue weighted by molar-refractivity contribution is 9.10. The number of likely N-dealkylation sites (tertiary alicyclic amines) is 1. The molecule has 0 aromatic heterocycles. The van der Waals surface area contributed by atoms with Gasteiger partial charge in [-0.3, -0.25) is 0 Å². The number of hydrogen-bond acceptors (Lipinski definition) is 4. The molecule has 6 heteroatoms. The highest BCUT2D eigenvalue weighted by atomic mass is 79.9. The van der Waals surface area contributed by atoms with Crippen molar-refractivity contribution < 1.29 is 14.2 Å². The summed E-state index contributed by atoms with van der Waals surface area (Å²) in [5.74, 6) is 3.35. The predicted molar refractivity (Wildman–Crippen MR) is 126 cm³/mol. The minimum Gasteiger partial charge on any atom is -0.492 e. The van der Waals surface area contributed by atoms with Crippen molar-refractivity contribution in [1.29, 1.82) is 0 Å². The van der Waals surface area contributed by atoms with Crippen molar-refractivity contribution in [3.8, 4) is 17.2 Å². The molecule has 2 aromatic rings. The van der Waals surface area contributed by atoms with Crippen LogP contribution in [0.1, 0.15) is 44.1 Å². The number of rotatable bonds is 8. The Balaban J connectivity index is 0.00000256. The van der Waals surface area contributed by atoms with Crippen molar-refractivity contribution in [3.63, 3.8) is 0 Å². The Morgan fingerprint density at radius 1 is 1.10 bits per heavy atom. The van der Waals surface area contributed by atoms with E-state index in [2.05, 4.69) is 58.1 Å². The summed E-state index contributed by atoms with van der Waals surface area (Å²) >= 11 is 3.62. The molecule has 2 heterocycles. The van der Waals surface area contributed by atoms with Crippen molar-refractivity contribution in [2.24, 2.45) is 5.92 Å². The standard InChI is InChI=1S/C24H30BrNO3.ClH/c1-2-3-7-11-26-12-10-20(18-8-5-4-6-9-18)19(15-26)16-27-22-14-24-23(13-21(22)25)28-17-29-24;/h4-6,8-9,13-14,19-20H,2-3,7,10-12,15-17H2,1H3;1H/t19-,20-;/m0./s1. The number of unbranched alkanes of at least 4 members (excludes halogenated alkanes) is 2. The van der Waals surface area contributed by atoms with Crippen molar-refractivity contribution in [2.75, 3.05) is 33.0 Å². The molecule has 2 aliphatic rings. The van der Waals surface area contributed by atoms with Crippen LogP contribution in [0.25, 0.3) is 0 Å². The summed E-state index contributed by atoms with van der Waals surface area (Å²) in [4.78, 5) is 2.62. The summed E-state index contributed by atoms with van der Waals surface area (Å²) in [7, 11) is 0. The Bertz CT molecular complexity index is 805. The summed E-state index contributed by atoms with van der Waals surface area (Å²) in [6, 6.07) is 14.8. The zero-order chi connectivity index (χ0) is 20.1. The van der Waals surface area contributed by atoms with Crippen LogP contribution in [0.15, 0.2) is 46.9 Å². The van der Waals surface area contributed by atoms with Crippen molar-refractivity contribution in [2.45, 2.75) is 38.5 Å². The monoisotopic (exact) mass is 495 g/mol. The molecule has 0 spiro atoms. The van der Waals surface area contributed by atoms with Gasteiger partial charge in [0.2, 0.25) is 6.79 Å². The van der Waals surface area contributed by atoms with Crippen LogP contribution in [-0.4, -0.2) is 37.9 Å². The van der Waals surface area contributed by atoms with E-state index in [1.54, 1.807) is 0 Å². The second kappa shape index (κ2) is 11.3. The van der Waals surface area contributed by atoms with Gasteiger partial charge in [0.1, 0.15) is 5.75 Å². The number of ether oxygens (including phenoxy) is 3.